The van der Waals surface area contributed by atoms with Gasteiger partial charge in [0.1, 0.15) is 6.33 Å². The van der Waals surface area contributed by atoms with E-state index in [-0.39, 0.29) is 17.7 Å². The Morgan fingerprint density at radius 1 is 1.37 bits per heavy atom. The van der Waals surface area contributed by atoms with Crippen molar-refractivity contribution in [1.29, 1.82) is 0 Å². The molecule has 0 bridgehead atoms. The number of pyridine rings is 1. The van der Waals surface area contributed by atoms with E-state index in [2.05, 4.69) is 20.4 Å². The summed E-state index contributed by atoms with van der Waals surface area (Å²) in [5.74, 6) is -2.11. The number of halogens is 2. The van der Waals surface area contributed by atoms with Gasteiger partial charge < -0.3 is 10.1 Å². The molecule has 0 saturated heterocycles. The number of ether oxygens (including phenoxy) is 1. The number of hydrogen-bond donors (Lipinski definition) is 1. The fourth-order valence-corrected chi connectivity index (χ4v) is 1.34. The Kier molecular flexibility index (Phi) is 3.88. The maximum Gasteiger partial charge on any atom is 0.342 e. The van der Waals surface area contributed by atoms with Crippen LogP contribution in [0.3, 0.4) is 0 Å². The summed E-state index contributed by atoms with van der Waals surface area (Å²) in [5.41, 5.74) is 0. The first-order valence-corrected chi connectivity index (χ1v) is 5.73. The summed E-state index contributed by atoms with van der Waals surface area (Å²) in [6, 6.07) is 0.658. The maximum atomic E-state index is 13.5. The van der Waals surface area contributed by atoms with Gasteiger partial charge in [-0.2, -0.15) is 9.97 Å². The molecule has 102 valence electrons. The molecule has 0 aliphatic carbocycles. The summed E-state index contributed by atoms with van der Waals surface area (Å²) in [6.45, 7) is 2.44. The molecule has 6 nitrogen and oxygen atoms in total. The van der Waals surface area contributed by atoms with E-state index >= 15 is 0 Å². The molecule has 0 spiro atoms. The van der Waals surface area contributed by atoms with Crippen LogP contribution in [-0.2, 0) is 7.05 Å². The van der Waals surface area contributed by atoms with Gasteiger partial charge in [-0.15, -0.1) is 5.10 Å². The highest BCUT2D eigenvalue weighted by molar-refractivity contribution is 5.40. The molecule has 8 heteroatoms. The van der Waals surface area contributed by atoms with Crippen LogP contribution in [0.2, 0.25) is 0 Å². The smallest absolute Gasteiger partial charge is 0.342 e. The summed E-state index contributed by atoms with van der Waals surface area (Å²) >= 11 is 0. The Labute approximate surface area is 108 Å². The summed E-state index contributed by atoms with van der Waals surface area (Å²) in [7, 11) is 1.64. The van der Waals surface area contributed by atoms with Crippen LogP contribution in [0.15, 0.2) is 12.4 Å². The van der Waals surface area contributed by atoms with E-state index in [1.165, 1.54) is 11.0 Å². The van der Waals surface area contributed by atoms with Crippen molar-refractivity contribution in [3.8, 4) is 11.9 Å². The number of nitrogens with zero attached hydrogens (tertiary/aromatic N) is 4. The lowest BCUT2D eigenvalue weighted by Gasteiger charge is -2.08. The van der Waals surface area contributed by atoms with Gasteiger partial charge in [0.25, 0.3) is 5.88 Å². The number of anilines is 1. The van der Waals surface area contributed by atoms with Crippen molar-refractivity contribution in [2.45, 2.75) is 13.3 Å². The Bertz CT molecular complexity index is 572. The monoisotopic (exact) mass is 269 g/mol. The zero-order chi connectivity index (χ0) is 13.8. The largest absolute Gasteiger partial charge is 0.401 e. The molecule has 19 heavy (non-hydrogen) atoms. The molecule has 0 atom stereocenters. The highest BCUT2D eigenvalue weighted by Gasteiger charge is 2.15. The average Bonchev–Trinajstić information content (AvgIpc) is 2.77. The quantitative estimate of drug-likeness (QED) is 0.900. The lowest BCUT2D eigenvalue weighted by molar-refractivity contribution is 0.389. The molecule has 0 aliphatic rings. The average molecular weight is 269 g/mol. The third-order valence-corrected chi connectivity index (χ3v) is 2.21. The standard InChI is InChI=1S/C11H13F2N5O/c1-3-4-14-9-7(12)5-8(13)10(16-9)19-11-15-6-18(2)17-11/h5-6H,3-4H2,1-2H3,(H,14,16). The molecule has 0 unspecified atom stereocenters. The van der Waals surface area contributed by atoms with Gasteiger partial charge in [0.2, 0.25) is 0 Å². The Balaban J connectivity index is 2.24. The SMILES string of the molecule is CCCNc1nc(Oc2ncn(C)n2)c(F)cc1F. The minimum Gasteiger partial charge on any atom is -0.401 e. The van der Waals surface area contributed by atoms with Crippen LogP contribution in [0.5, 0.6) is 11.9 Å². The van der Waals surface area contributed by atoms with Gasteiger partial charge in [-0.05, 0) is 6.42 Å². The lowest BCUT2D eigenvalue weighted by Crippen LogP contribution is -2.06. The molecule has 1 N–H and O–H groups in total. The Hall–Kier alpha value is -2.25. The second-order valence-electron chi connectivity index (χ2n) is 3.84. The van der Waals surface area contributed by atoms with E-state index in [1.807, 2.05) is 6.92 Å². The van der Waals surface area contributed by atoms with Crippen LogP contribution in [0.4, 0.5) is 14.6 Å². The Morgan fingerprint density at radius 2 is 2.16 bits per heavy atom. The predicted octanol–water partition coefficient (Wildman–Crippen LogP) is 2.10. The van der Waals surface area contributed by atoms with Gasteiger partial charge in [-0.1, -0.05) is 6.92 Å². The van der Waals surface area contributed by atoms with Gasteiger partial charge in [0.15, 0.2) is 17.5 Å². The third-order valence-electron chi connectivity index (χ3n) is 2.21. The van der Waals surface area contributed by atoms with Gasteiger partial charge >= 0.3 is 6.01 Å². The molecule has 2 aromatic rings. The summed E-state index contributed by atoms with van der Waals surface area (Å²) < 4.78 is 33.4. The summed E-state index contributed by atoms with van der Waals surface area (Å²) in [5, 5.41) is 6.57. The van der Waals surface area contributed by atoms with Crippen molar-refractivity contribution < 1.29 is 13.5 Å². The number of hydrogen-bond acceptors (Lipinski definition) is 5. The summed E-state index contributed by atoms with van der Waals surface area (Å²) in [6.07, 6.45) is 2.18. The molecule has 2 rings (SSSR count). The van der Waals surface area contributed by atoms with E-state index in [0.29, 0.717) is 12.6 Å². The highest BCUT2D eigenvalue weighted by atomic mass is 19.1. The van der Waals surface area contributed by atoms with Crippen LogP contribution in [0.1, 0.15) is 13.3 Å². The van der Waals surface area contributed by atoms with E-state index in [1.54, 1.807) is 7.05 Å². The molecule has 0 saturated carbocycles. The van der Waals surface area contributed by atoms with E-state index in [0.717, 1.165) is 6.42 Å². The normalized spacial score (nSPS) is 10.5. The maximum absolute atomic E-state index is 13.5. The van der Waals surface area contributed by atoms with Crippen molar-refractivity contribution >= 4 is 5.82 Å². The molecule has 0 aromatic carbocycles. The zero-order valence-corrected chi connectivity index (χ0v) is 10.5. The number of aryl methyl sites for hydroxylation is 1. The van der Waals surface area contributed by atoms with Crippen molar-refractivity contribution in [3.63, 3.8) is 0 Å². The molecule has 2 aromatic heterocycles. The molecule has 0 aliphatic heterocycles. The number of aromatic nitrogens is 4. The lowest BCUT2D eigenvalue weighted by atomic mass is 10.4. The highest BCUT2D eigenvalue weighted by Crippen LogP contribution is 2.23. The van der Waals surface area contributed by atoms with Crippen molar-refractivity contribution in [3.05, 3.63) is 24.0 Å². The fraction of sp³-hybridized carbons (Fsp3) is 0.364. The van der Waals surface area contributed by atoms with Gasteiger partial charge in [-0.3, -0.25) is 4.68 Å². The number of nitrogens with one attached hydrogen (secondary N) is 1. The van der Waals surface area contributed by atoms with Crippen LogP contribution in [0.25, 0.3) is 0 Å². The fourth-order valence-electron chi connectivity index (χ4n) is 1.34. The molecule has 2 heterocycles. The van der Waals surface area contributed by atoms with Crippen molar-refractivity contribution in [2.24, 2.45) is 7.05 Å². The van der Waals surface area contributed by atoms with Crippen LogP contribution >= 0.6 is 0 Å². The predicted molar refractivity (Wildman–Crippen MR) is 64.0 cm³/mol. The van der Waals surface area contributed by atoms with Gasteiger partial charge in [0, 0.05) is 19.7 Å². The summed E-state index contributed by atoms with van der Waals surface area (Å²) in [4.78, 5) is 7.52. The van der Waals surface area contributed by atoms with Crippen molar-refractivity contribution in [2.75, 3.05) is 11.9 Å². The molecule has 0 radical (unpaired) electrons. The first-order chi connectivity index (χ1) is 9.10. The molecule has 0 amide bonds. The minimum absolute atomic E-state index is 0.0538. The molecule has 0 fully saturated rings. The van der Waals surface area contributed by atoms with Crippen molar-refractivity contribution in [1.82, 2.24) is 19.7 Å². The van der Waals surface area contributed by atoms with E-state index in [9.17, 15) is 8.78 Å². The first kappa shape index (κ1) is 13.2. The number of rotatable bonds is 5. The van der Waals surface area contributed by atoms with Gasteiger partial charge in [-0.25, -0.2) is 8.78 Å². The first-order valence-electron chi connectivity index (χ1n) is 5.73. The third kappa shape index (κ3) is 3.15. The van der Waals surface area contributed by atoms with Crippen LogP contribution in [-0.4, -0.2) is 26.3 Å². The van der Waals surface area contributed by atoms with E-state index < -0.39 is 11.6 Å². The topological polar surface area (TPSA) is 64.9 Å². The molecular formula is C11H13F2N5O. The van der Waals surface area contributed by atoms with Gasteiger partial charge in [0.05, 0.1) is 0 Å². The van der Waals surface area contributed by atoms with Crippen LogP contribution in [0, 0.1) is 11.6 Å². The van der Waals surface area contributed by atoms with E-state index in [4.69, 9.17) is 4.74 Å². The van der Waals surface area contributed by atoms with Crippen LogP contribution < -0.4 is 10.1 Å². The second kappa shape index (κ2) is 5.59. The molecular weight excluding hydrogens is 256 g/mol. The minimum atomic E-state index is -0.910. The zero-order valence-electron chi connectivity index (χ0n) is 10.5. The Morgan fingerprint density at radius 3 is 2.79 bits per heavy atom. The second-order valence-corrected chi connectivity index (χ2v) is 3.84.